The third-order valence-electron chi connectivity index (χ3n) is 23.4. The summed E-state index contributed by atoms with van der Waals surface area (Å²) < 4.78 is 14.3. The highest BCUT2D eigenvalue weighted by atomic mass is 16.5. The number of hydrogen-bond donors (Lipinski definition) is 4. The van der Waals surface area contributed by atoms with Gasteiger partial charge in [0.1, 0.15) is 11.5 Å². The quantitative estimate of drug-likeness (QED) is 0.0676. The summed E-state index contributed by atoms with van der Waals surface area (Å²) in [6, 6.07) is 19.1. The second-order valence-electron chi connectivity index (χ2n) is 28.4. The maximum atomic E-state index is 7.15. The zero-order valence-electron chi connectivity index (χ0n) is 58.7. The van der Waals surface area contributed by atoms with Crippen molar-refractivity contribution in [3.05, 3.63) is 161 Å². The van der Waals surface area contributed by atoms with Crippen molar-refractivity contribution in [2.45, 2.75) is 235 Å². The van der Waals surface area contributed by atoms with Gasteiger partial charge in [0.15, 0.2) is 0 Å². The fraction of sp³-hybridized carbons (Fsp3) is 0.452. The largest absolute Gasteiger partial charge is 0.496 e. The maximum absolute atomic E-state index is 7.15. The van der Waals surface area contributed by atoms with E-state index in [9.17, 15) is 0 Å². The standard InChI is InChI=1S/C84H98N8O2/c1-15-23-27-51-43(9)59-35-71-75-55-31-32-56(76(75)72(91-71)36-60-44(10)52(28-24-16-2)68(86-60)40-64-48(20-6)47(19-5)63(89-64)39-67(51)85-59)80-79(55)83(93-13)81-57-33-34-58(82(81)84(80)94-14)78-74-38-62-46(12)54(30-26-18-4)70(88-62)42-66-50(22-8)49(21-7)65(90-66)41-69-53(29-25-17-3)45(11)61(87-69)37-73(92-74)77(57)78/h35-42,55-58,89-92H,15-34H2,1-14H3. The molecule has 486 valence electrons. The molecule has 0 radical (unpaired) electrons. The van der Waals surface area contributed by atoms with E-state index in [0.29, 0.717) is 0 Å². The minimum atomic E-state index is 0.0544. The molecule has 10 heterocycles. The van der Waals surface area contributed by atoms with Crippen LogP contribution in [0, 0.1) is 0 Å². The Morgan fingerprint density at radius 1 is 0.309 bits per heavy atom. The number of aryl methyl sites for hydroxylation is 4. The summed E-state index contributed by atoms with van der Waals surface area (Å²) in [6.45, 7) is 27.7. The van der Waals surface area contributed by atoms with Crippen LogP contribution < -0.4 is 9.47 Å². The number of nitrogens with one attached hydrogen (secondary N) is 4. The summed E-state index contributed by atoms with van der Waals surface area (Å²) in [4.78, 5) is 39.1. The van der Waals surface area contributed by atoms with Gasteiger partial charge in [-0.2, -0.15) is 0 Å². The highest BCUT2D eigenvalue weighted by molar-refractivity contribution is 5.98. The van der Waals surface area contributed by atoms with Crippen LogP contribution in [-0.2, 0) is 25.7 Å². The van der Waals surface area contributed by atoms with Crippen LogP contribution in [-0.4, -0.2) is 54.1 Å². The van der Waals surface area contributed by atoms with E-state index >= 15 is 0 Å². The molecule has 10 heteroatoms. The van der Waals surface area contributed by atoms with E-state index in [1.807, 2.05) is 14.2 Å². The fourth-order valence-electron chi connectivity index (χ4n) is 18.8. The average molecular weight is 1250 g/mol. The minimum Gasteiger partial charge on any atom is -0.496 e. The monoisotopic (exact) mass is 1250 g/mol. The van der Waals surface area contributed by atoms with Crippen LogP contribution in [0.2, 0.25) is 0 Å². The van der Waals surface area contributed by atoms with Gasteiger partial charge in [-0.15, -0.1) is 0 Å². The number of ether oxygens (including phenoxy) is 2. The van der Waals surface area contributed by atoms with Gasteiger partial charge in [0.05, 0.1) is 59.8 Å². The van der Waals surface area contributed by atoms with Crippen molar-refractivity contribution < 1.29 is 9.47 Å². The predicted molar refractivity (Wildman–Crippen MR) is 393 cm³/mol. The van der Waals surface area contributed by atoms with E-state index in [-0.39, 0.29) is 23.7 Å². The number of unbranched alkanes of at least 4 members (excludes halogenated alkanes) is 4. The fourth-order valence-corrected chi connectivity index (χ4v) is 18.8. The molecule has 0 spiro atoms. The molecule has 0 fully saturated rings. The van der Waals surface area contributed by atoms with Gasteiger partial charge >= 0.3 is 0 Å². The summed E-state index contributed by atoms with van der Waals surface area (Å²) in [5, 5.41) is 0. The molecule has 10 nitrogen and oxygen atoms in total. The van der Waals surface area contributed by atoms with E-state index in [4.69, 9.17) is 29.4 Å². The van der Waals surface area contributed by atoms with Crippen molar-refractivity contribution in [1.29, 1.82) is 0 Å². The van der Waals surface area contributed by atoms with Crippen LogP contribution in [0.1, 0.15) is 322 Å². The highest BCUT2D eigenvalue weighted by Crippen LogP contribution is 2.68. The molecule has 0 amide bonds. The number of aromatic nitrogens is 8. The van der Waals surface area contributed by atoms with Gasteiger partial charge in [-0.3, -0.25) is 0 Å². The third kappa shape index (κ3) is 9.57. The van der Waals surface area contributed by atoms with Crippen molar-refractivity contribution in [2.75, 3.05) is 14.2 Å². The Balaban J connectivity index is 1.00. The molecule has 6 aliphatic carbocycles. The Labute approximate surface area is 556 Å². The van der Waals surface area contributed by atoms with Crippen molar-refractivity contribution >= 4 is 88.7 Å². The first-order valence-corrected chi connectivity index (χ1v) is 36.6. The Bertz CT molecular complexity index is 4240. The Morgan fingerprint density at radius 2 is 0.521 bits per heavy atom. The highest BCUT2D eigenvalue weighted by Gasteiger charge is 2.51. The van der Waals surface area contributed by atoms with Crippen LogP contribution in [0.4, 0.5) is 0 Å². The molecule has 94 heavy (non-hydrogen) atoms. The van der Waals surface area contributed by atoms with E-state index in [0.717, 1.165) is 208 Å². The lowest BCUT2D eigenvalue weighted by atomic mass is 9.58. The smallest absolute Gasteiger partial charge is 0.127 e. The van der Waals surface area contributed by atoms with Gasteiger partial charge in [0.2, 0.25) is 0 Å². The van der Waals surface area contributed by atoms with Crippen LogP contribution >= 0.6 is 0 Å². The molecule has 20 bridgehead atoms. The summed E-state index contributed by atoms with van der Waals surface area (Å²) in [7, 11) is 3.90. The first-order chi connectivity index (χ1) is 45.8. The van der Waals surface area contributed by atoms with E-state index < -0.39 is 0 Å². The zero-order valence-corrected chi connectivity index (χ0v) is 58.7. The van der Waals surface area contributed by atoms with Gasteiger partial charge in [-0.05, 0) is 268 Å². The molecule has 10 aliphatic rings. The lowest BCUT2D eigenvalue weighted by Gasteiger charge is -2.46. The van der Waals surface area contributed by atoms with Crippen LogP contribution in [0.25, 0.3) is 88.7 Å². The molecule has 1 aromatic carbocycles. The van der Waals surface area contributed by atoms with Gasteiger partial charge < -0.3 is 29.4 Å². The molecule has 7 aromatic rings. The summed E-state index contributed by atoms with van der Waals surface area (Å²) >= 11 is 0. The normalized spacial score (nSPS) is 18.4. The first kappa shape index (κ1) is 62.2. The zero-order chi connectivity index (χ0) is 65.1. The van der Waals surface area contributed by atoms with E-state index in [2.05, 4.69) is 152 Å². The number of fused-ring (bicyclic) bond motifs is 18. The second kappa shape index (κ2) is 24.7. The Kier molecular flexibility index (Phi) is 16.3. The number of hydrogen-bond acceptors (Lipinski definition) is 6. The molecular formula is C84H98N8O2. The number of methoxy groups -OCH3 is 2. The number of allylic oxidation sites excluding steroid dienone is 8. The molecular weight excluding hydrogens is 1150 g/mol. The molecule has 0 saturated heterocycles. The molecule has 4 atom stereocenters. The van der Waals surface area contributed by atoms with Crippen molar-refractivity contribution in [2.24, 2.45) is 0 Å². The molecule has 17 rings (SSSR count). The Morgan fingerprint density at radius 3 is 0.723 bits per heavy atom. The van der Waals surface area contributed by atoms with E-state index in [1.54, 1.807) is 0 Å². The predicted octanol–water partition coefficient (Wildman–Crippen LogP) is 22.4. The number of aromatic amines is 4. The van der Waals surface area contributed by atoms with Crippen LogP contribution in [0.5, 0.6) is 11.5 Å². The van der Waals surface area contributed by atoms with Gasteiger partial charge in [0.25, 0.3) is 0 Å². The number of benzene rings is 1. The topological polar surface area (TPSA) is 133 Å². The molecule has 4 aliphatic heterocycles. The lowest BCUT2D eigenvalue weighted by Crippen LogP contribution is -2.31. The number of nitrogens with zero attached hydrogens (tertiary/aromatic N) is 4. The molecule has 4 N–H and O–H groups in total. The molecule has 0 saturated carbocycles. The maximum Gasteiger partial charge on any atom is 0.127 e. The lowest BCUT2D eigenvalue weighted by molar-refractivity contribution is 0.352. The van der Waals surface area contributed by atoms with Crippen molar-refractivity contribution in [1.82, 2.24) is 39.9 Å². The second-order valence-corrected chi connectivity index (χ2v) is 28.4. The van der Waals surface area contributed by atoms with Gasteiger partial charge in [-0.25, -0.2) is 19.9 Å². The summed E-state index contributed by atoms with van der Waals surface area (Å²) in [6.07, 6.45) is 20.7. The third-order valence-corrected chi connectivity index (χ3v) is 23.4. The van der Waals surface area contributed by atoms with Crippen LogP contribution in [0.3, 0.4) is 0 Å². The van der Waals surface area contributed by atoms with Gasteiger partial charge in [0, 0.05) is 90.1 Å². The Hall–Kier alpha value is -7.98. The molecule has 6 aromatic heterocycles. The van der Waals surface area contributed by atoms with Crippen molar-refractivity contribution in [3.63, 3.8) is 0 Å². The molecule has 4 unspecified atom stereocenters. The summed E-state index contributed by atoms with van der Waals surface area (Å²) in [5.41, 5.74) is 44.5. The van der Waals surface area contributed by atoms with Gasteiger partial charge in [-0.1, -0.05) is 81.1 Å². The summed E-state index contributed by atoms with van der Waals surface area (Å²) in [5.74, 6) is 2.32. The average Bonchev–Trinajstić information content (AvgIpc) is 1.17. The first-order valence-electron chi connectivity index (χ1n) is 36.6. The van der Waals surface area contributed by atoms with Crippen LogP contribution in [0.15, 0.2) is 48.5 Å². The number of H-pyrrole nitrogens is 4. The minimum absolute atomic E-state index is 0.0544. The SMILES string of the molecule is CCCCC1=C(C)c2cc3[nH]c(cc4nc(cc5[nH]c(cc1n2)c(CC)c5CC)C(CCCC)=C4C)c1c3C2CCC1c1c(OC)c3c(c(OC)c12)C1CCC3c2c1c1cc3nc(cc4[nH]c(cc5nc(cc2[nH]1)C(C)=C5CCCC)c(CC)c4CC)C(CCCC)=C3C. The number of rotatable bonds is 18. The van der Waals surface area contributed by atoms with E-state index in [1.165, 1.54) is 133 Å². The van der Waals surface area contributed by atoms with Crippen molar-refractivity contribution in [3.8, 4) is 11.5 Å².